The SMILES string of the molecule is CCOC(=O)N1CCN(c2ncc3c(n2)C[C@@H](c2ccccc2F)CC3=O)CC1. The number of aromatic nitrogens is 2. The third-order valence-electron chi connectivity index (χ3n) is 5.46. The summed E-state index contributed by atoms with van der Waals surface area (Å²) in [5, 5.41) is 0. The van der Waals surface area contributed by atoms with Gasteiger partial charge in [-0.15, -0.1) is 0 Å². The monoisotopic (exact) mass is 398 g/mol. The molecule has 1 aromatic carbocycles. The largest absolute Gasteiger partial charge is 0.450 e. The zero-order chi connectivity index (χ0) is 20.4. The number of amides is 1. The molecular weight excluding hydrogens is 375 g/mol. The Morgan fingerprint density at radius 2 is 1.97 bits per heavy atom. The van der Waals surface area contributed by atoms with Gasteiger partial charge in [0.15, 0.2) is 5.78 Å². The second-order valence-electron chi connectivity index (χ2n) is 7.25. The molecule has 0 bridgehead atoms. The highest BCUT2D eigenvalue weighted by Crippen LogP contribution is 2.33. The topological polar surface area (TPSA) is 75.6 Å². The second-order valence-corrected chi connectivity index (χ2v) is 7.25. The van der Waals surface area contributed by atoms with Crippen molar-refractivity contribution in [1.29, 1.82) is 0 Å². The predicted molar refractivity (Wildman–Crippen MR) is 105 cm³/mol. The van der Waals surface area contributed by atoms with E-state index in [0.29, 0.717) is 62.0 Å². The van der Waals surface area contributed by atoms with E-state index < -0.39 is 0 Å². The van der Waals surface area contributed by atoms with Crippen molar-refractivity contribution in [2.75, 3.05) is 37.7 Å². The summed E-state index contributed by atoms with van der Waals surface area (Å²) < 4.78 is 19.3. The highest BCUT2D eigenvalue weighted by atomic mass is 19.1. The lowest BCUT2D eigenvalue weighted by Crippen LogP contribution is -2.49. The summed E-state index contributed by atoms with van der Waals surface area (Å²) in [6.07, 6.45) is 2.03. The van der Waals surface area contributed by atoms with E-state index in [9.17, 15) is 14.0 Å². The molecule has 152 valence electrons. The van der Waals surface area contributed by atoms with Gasteiger partial charge >= 0.3 is 6.09 Å². The maximum absolute atomic E-state index is 14.2. The number of ketones is 1. The van der Waals surface area contributed by atoms with Gasteiger partial charge in [0, 0.05) is 38.8 Å². The third-order valence-corrected chi connectivity index (χ3v) is 5.46. The number of hydrogen-bond donors (Lipinski definition) is 0. The van der Waals surface area contributed by atoms with Gasteiger partial charge < -0.3 is 14.5 Å². The van der Waals surface area contributed by atoms with Crippen LogP contribution in [0.15, 0.2) is 30.5 Å². The van der Waals surface area contributed by atoms with Gasteiger partial charge in [0.2, 0.25) is 5.95 Å². The second kappa shape index (κ2) is 8.14. The number of hydrogen-bond acceptors (Lipinski definition) is 6. The number of piperazine rings is 1. The lowest BCUT2D eigenvalue weighted by atomic mass is 9.82. The molecule has 1 saturated heterocycles. The highest BCUT2D eigenvalue weighted by Gasteiger charge is 2.30. The lowest BCUT2D eigenvalue weighted by Gasteiger charge is -2.34. The molecule has 2 heterocycles. The van der Waals surface area contributed by atoms with Crippen LogP contribution in [0.2, 0.25) is 0 Å². The van der Waals surface area contributed by atoms with Crippen LogP contribution in [0.5, 0.6) is 0 Å². The van der Waals surface area contributed by atoms with Crippen molar-refractivity contribution in [1.82, 2.24) is 14.9 Å². The summed E-state index contributed by atoms with van der Waals surface area (Å²) in [5.41, 5.74) is 1.73. The van der Waals surface area contributed by atoms with Gasteiger partial charge in [0.25, 0.3) is 0 Å². The molecule has 8 heteroatoms. The molecule has 7 nitrogen and oxygen atoms in total. The molecule has 1 amide bonds. The van der Waals surface area contributed by atoms with Crippen molar-refractivity contribution < 1.29 is 18.7 Å². The molecule has 0 spiro atoms. The Hall–Kier alpha value is -3.03. The standard InChI is InChI=1S/C21H23FN4O3/c1-2-29-21(28)26-9-7-25(8-10-26)20-23-13-16-18(24-20)11-14(12-19(16)27)15-5-3-4-6-17(15)22/h3-6,13-14H,2,7-12H2,1H3/t14-/m1/s1. The maximum atomic E-state index is 14.2. The van der Waals surface area contributed by atoms with Crippen LogP contribution in [0.4, 0.5) is 15.1 Å². The Morgan fingerprint density at radius 1 is 1.21 bits per heavy atom. The van der Waals surface area contributed by atoms with Crippen molar-refractivity contribution in [2.24, 2.45) is 0 Å². The molecule has 2 aliphatic rings. The zero-order valence-electron chi connectivity index (χ0n) is 16.3. The molecular formula is C21H23FN4O3. The normalized spacial score (nSPS) is 19.1. The number of nitrogens with zero attached hydrogens (tertiary/aromatic N) is 4. The third kappa shape index (κ3) is 3.92. The molecule has 1 fully saturated rings. The molecule has 1 aromatic heterocycles. The predicted octanol–water partition coefficient (Wildman–Crippen LogP) is 2.81. The quantitative estimate of drug-likeness (QED) is 0.791. The van der Waals surface area contributed by atoms with Gasteiger partial charge in [-0.25, -0.2) is 19.2 Å². The van der Waals surface area contributed by atoms with Gasteiger partial charge in [0.05, 0.1) is 17.9 Å². The molecule has 0 N–H and O–H groups in total. The van der Waals surface area contributed by atoms with Crippen LogP contribution in [0.1, 0.15) is 40.9 Å². The van der Waals surface area contributed by atoms with E-state index in [1.165, 1.54) is 6.07 Å². The summed E-state index contributed by atoms with van der Waals surface area (Å²) >= 11 is 0. The van der Waals surface area contributed by atoms with Crippen LogP contribution < -0.4 is 4.90 Å². The molecule has 2 aromatic rings. The smallest absolute Gasteiger partial charge is 0.409 e. The Morgan fingerprint density at radius 3 is 2.69 bits per heavy atom. The van der Waals surface area contributed by atoms with E-state index in [1.54, 1.807) is 36.2 Å². The molecule has 1 aliphatic heterocycles. The Balaban J connectivity index is 1.50. The lowest BCUT2D eigenvalue weighted by molar-refractivity contribution is 0.0960. The zero-order valence-corrected chi connectivity index (χ0v) is 16.3. The number of benzene rings is 1. The average molecular weight is 398 g/mol. The number of rotatable bonds is 3. The number of ether oxygens (including phenoxy) is 1. The van der Waals surface area contributed by atoms with E-state index in [0.717, 1.165) is 0 Å². The molecule has 1 aliphatic carbocycles. The summed E-state index contributed by atoms with van der Waals surface area (Å²) in [5.74, 6) is -0.0369. The van der Waals surface area contributed by atoms with Crippen LogP contribution in [0.25, 0.3) is 0 Å². The van der Waals surface area contributed by atoms with Crippen molar-refractivity contribution in [3.8, 4) is 0 Å². The minimum atomic E-state index is -0.308. The number of fused-ring (bicyclic) bond motifs is 1. The summed E-state index contributed by atoms with van der Waals surface area (Å²) in [4.78, 5) is 37.1. The minimum absolute atomic E-state index is 0.0572. The molecule has 0 radical (unpaired) electrons. The number of Topliss-reactive ketones (excluding diaryl/α,β-unsaturated/α-hetero) is 1. The number of halogens is 1. The first-order valence-corrected chi connectivity index (χ1v) is 9.87. The number of anilines is 1. The Kier molecular flexibility index (Phi) is 5.42. The number of carbonyl (C=O) groups is 2. The fourth-order valence-electron chi connectivity index (χ4n) is 3.92. The molecule has 29 heavy (non-hydrogen) atoms. The van der Waals surface area contributed by atoms with Crippen molar-refractivity contribution in [3.63, 3.8) is 0 Å². The van der Waals surface area contributed by atoms with Crippen molar-refractivity contribution in [3.05, 3.63) is 53.1 Å². The molecule has 1 atom stereocenters. The Bertz CT molecular complexity index is 928. The van der Waals surface area contributed by atoms with Gasteiger partial charge in [-0.1, -0.05) is 18.2 Å². The van der Waals surface area contributed by atoms with E-state index >= 15 is 0 Å². The molecule has 0 unspecified atom stereocenters. The average Bonchev–Trinajstić information content (AvgIpc) is 2.74. The van der Waals surface area contributed by atoms with Gasteiger partial charge in [-0.3, -0.25) is 4.79 Å². The maximum Gasteiger partial charge on any atom is 0.409 e. The highest BCUT2D eigenvalue weighted by molar-refractivity contribution is 5.98. The van der Waals surface area contributed by atoms with E-state index in [2.05, 4.69) is 9.97 Å². The summed E-state index contributed by atoms with van der Waals surface area (Å²) in [6.45, 7) is 4.35. The first-order valence-electron chi connectivity index (χ1n) is 9.87. The van der Waals surface area contributed by atoms with Gasteiger partial charge in [-0.05, 0) is 30.9 Å². The van der Waals surface area contributed by atoms with Crippen molar-refractivity contribution >= 4 is 17.8 Å². The summed E-state index contributed by atoms with van der Waals surface area (Å²) in [6, 6.07) is 6.58. The molecule has 4 rings (SSSR count). The van der Waals surface area contributed by atoms with Crippen LogP contribution >= 0.6 is 0 Å². The summed E-state index contributed by atoms with van der Waals surface area (Å²) in [7, 11) is 0. The number of carbonyl (C=O) groups excluding carboxylic acids is 2. The van der Waals surface area contributed by atoms with Crippen molar-refractivity contribution in [2.45, 2.75) is 25.7 Å². The fourth-order valence-corrected chi connectivity index (χ4v) is 3.92. The van der Waals surface area contributed by atoms with E-state index in [4.69, 9.17) is 4.74 Å². The van der Waals surface area contributed by atoms with Gasteiger partial charge in [0.1, 0.15) is 5.82 Å². The Labute approximate surface area is 168 Å². The first kappa shape index (κ1) is 19.3. The van der Waals surface area contributed by atoms with Gasteiger partial charge in [-0.2, -0.15) is 0 Å². The molecule has 0 saturated carbocycles. The van der Waals surface area contributed by atoms with Crippen LogP contribution in [0.3, 0.4) is 0 Å². The van der Waals surface area contributed by atoms with E-state index in [-0.39, 0.29) is 30.0 Å². The van der Waals surface area contributed by atoms with E-state index in [1.807, 2.05) is 4.90 Å². The van der Waals surface area contributed by atoms with Crippen LogP contribution in [-0.4, -0.2) is 59.5 Å². The minimum Gasteiger partial charge on any atom is -0.450 e. The fraction of sp³-hybridized carbons (Fsp3) is 0.429. The van der Waals surface area contributed by atoms with Crippen LogP contribution in [-0.2, 0) is 11.2 Å². The van der Waals surface area contributed by atoms with Crippen LogP contribution in [0, 0.1) is 5.82 Å². The first-order chi connectivity index (χ1) is 14.1.